The van der Waals surface area contributed by atoms with Crippen molar-refractivity contribution in [2.24, 2.45) is 0 Å². The molecule has 0 heterocycles. The minimum absolute atomic E-state index is 0.0564. The van der Waals surface area contributed by atoms with Crippen molar-refractivity contribution < 1.29 is 28.9 Å². The van der Waals surface area contributed by atoms with Gasteiger partial charge in [-0.05, 0) is 92.6 Å². The third-order valence-corrected chi connectivity index (χ3v) is 6.52. The van der Waals surface area contributed by atoms with Crippen LogP contribution in [-0.4, -0.2) is 36.3 Å². The van der Waals surface area contributed by atoms with Crippen molar-refractivity contribution in [1.29, 1.82) is 0 Å². The molecule has 1 saturated carbocycles. The Balaban J connectivity index is 1.27. The first kappa shape index (κ1) is 26.2. The lowest BCUT2D eigenvalue weighted by atomic mass is 9.96. The van der Waals surface area contributed by atoms with Crippen LogP contribution in [0.1, 0.15) is 54.4 Å². The average Bonchev–Trinajstić information content (AvgIpc) is 2.88. The van der Waals surface area contributed by atoms with Crippen molar-refractivity contribution in [2.75, 3.05) is 12.4 Å². The third-order valence-electron chi connectivity index (χ3n) is 6.52. The number of benzene rings is 3. The zero-order valence-electron chi connectivity index (χ0n) is 21.0. The zero-order valence-corrected chi connectivity index (χ0v) is 21.0. The van der Waals surface area contributed by atoms with Crippen LogP contribution in [-0.2, 0) is 16.0 Å². The van der Waals surface area contributed by atoms with Crippen LogP contribution in [0.2, 0.25) is 0 Å². The summed E-state index contributed by atoms with van der Waals surface area (Å²) in [6.45, 7) is 0. The van der Waals surface area contributed by atoms with Crippen molar-refractivity contribution in [1.82, 2.24) is 0 Å². The van der Waals surface area contributed by atoms with Gasteiger partial charge in [-0.15, -0.1) is 0 Å². The first-order valence-corrected chi connectivity index (χ1v) is 12.7. The number of hydrogen-bond acceptors (Lipinski definition) is 5. The van der Waals surface area contributed by atoms with E-state index in [1.54, 1.807) is 37.4 Å². The normalized spacial score (nSPS) is 17.8. The number of carboxylic acids is 1. The van der Waals surface area contributed by atoms with Crippen LogP contribution in [0.5, 0.6) is 17.2 Å². The largest absolute Gasteiger partial charge is 0.490 e. The molecule has 2 N–H and O–H groups in total. The average molecular weight is 504 g/mol. The Labute approximate surface area is 217 Å². The van der Waals surface area contributed by atoms with Gasteiger partial charge in [0.25, 0.3) is 0 Å². The molecule has 0 spiro atoms. The summed E-state index contributed by atoms with van der Waals surface area (Å²) in [5, 5.41) is 11.9. The summed E-state index contributed by atoms with van der Waals surface area (Å²) in [7, 11) is 1.80. The van der Waals surface area contributed by atoms with Gasteiger partial charge in [-0.25, -0.2) is 4.79 Å². The fourth-order valence-corrected chi connectivity index (χ4v) is 4.54. The van der Waals surface area contributed by atoms with Crippen LogP contribution in [0.25, 0.3) is 0 Å². The number of para-hydroxylation sites is 1. The topological polar surface area (TPSA) is 94.1 Å². The van der Waals surface area contributed by atoms with Gasteiger partial charge in [0.2, 0.25) is 5.91 Å². The van der Waals surface area contributed by atoms with Crippen LogP contribution in [0, 0.1) is 0 Å². The summed E-state index contributed by atoms with van der Waals surface area (Å²) in [6.07, 6.45) is 7.19. The SMILES string of the molecule is COC1CCCC(Oc2ccc(Oc3ccc(CC(=O)Nc4ccccc4C(=O)O)cc3)cc2)CCC1. The Morgan fingerprint density at radius 3 is 2.00 bits per heavy atom. The molecule has 0 atom stereocenters. The van der Waals surface area contributed by atoms with Crippen molar-refractivity contribution in [2.45, 2.75) is 57.2 Å². The number of amides is 1. The van der Waals surface area contributed by atoms with Crippen molar-refractivity contribution >= 4 is 17.6 Å². The van der Waals surface area contributed by atoms with Crippen molar-refractivity contribution in [3.8, 4) is 17.2 Å². The molecule has 3 aromatic carbocycles. The molecule has 1 aliphatic carbocycles. The summed E-state index contributed by atoms with van der Waals surface area (Å²) in [5.74, 6) is 0.816. The highest BCUT2D eigenvalue weighted by Gasteiger charge is 2.18. The quantitative estimate of drug-likeness (QED) is 0.347. The van der Waals surface area contributed by atoms with Gasteiger partial charge in [0, 0.05) is 7.11 Å². The maximum absolute atomic E-state index is 12.4. The molecule has 0 saturated heterocycles. The molecule has 194 valence electrons. The first-order chi connectivity index (χ1) is 18.0. The molecule has 0 aliphatic heterocycles. The number of rotatable bonds is 9. The maximum atomic E-state index is 12.4. The van der Waals surface area contributed by atoms with E-state index < -0.39 is 5.97 Å². The Kier molecular flexibility index (Phi) is 9.16. The lowest BCUT2D eigenvalue weighted by Crippen LogP contribution is -2.22. The molecule has 1 aliphatic rings. The second kappa shape index (κ2) is 12.9. The molecule has 7 heteroatoms. The van der Waals surface area contributed by atoms with E-state index in [1.165, 1.54) is 6.07 Å². The molecule has 1 amide bonds. The van der Waals surface area contributed by atoms with Gasteiger partial charge < -0.3 is 24.6 Å². The monoisotopic (exact) mass is 503 g/mol. The van der Waals surface area contributed by atoms with Gasteiger partial charge >= 0.3 is 5.97 Å². The van der Waals surface area contributed by atoms with E-state index in [0.717, 1.165) is 49.8 Å². The Morgan fingerprint density at radius 2 is 1.38 bits per heavy atom. The lowest BCUT2D eigenvalue weighted by molar-refractivity contribution is -0.115. The van der Waals surface area contributed by atoms with Crippen molar-refractivity contribution in [3.63, 3.8) is 0 Å². The number of anilines is 1. The Hall–Kier alpha value is -3.84. The van der Waals surface area contributed by atoms with E-state index >= 15 is 0 Å². The Bertz CT molecular complexity index is 1170. The summed E-state index contributed by atoms with van der Waals surface area (Å²) >= 11 is 0. The maximum Gasteiger partial charge on any atom is 0.337 e. The van der Waals surface area contributed by atoms with E-state index in [2.05, 4.69) is 5.32 Å². The fraction of sp³-hybridized carbons (Fsp3) is 0.333. The summed E-state index contributed by atoms with van der Waals surface area (Å²) in [4.78, 5) is 23.7. The molecule has 0 bridgehead atoms. The number of aromatic carboxylic acids is 1. The van der Waals surface area contributed by atoms with E-state index in [4.69, 9.17) is 14.2 Å². The van der Waals surface area contributed by atoms with E-state index in [-0.39, 0.29) is 29.7 Å². The predicted molar refractivity (Wildman–Crippen MR) is 142 cm³/mol. The standard InChI is InChI=1S/C30H33NO6/c1-35-22-6-4-8-23(9-5-7-22)36-25-16-18-26(19-17-25)37-24-14-12-21(13-15-24)20-29(32)31-28-11-3-2-10-27(28)30(33)34/h2-3,10-19,22-23H,4-9,20H2,1H3,(H,31,32)(H,33,34). The number of hydrogen-bond donors (Lipinski definition) is 2. The summed E-state index contributed by atoms with van der Waals surface area (Å²) in [5.41, 5.74) is 1.12. The van der Waals surface area contributed by atoms with Crippen LogP contribution >= 0.6 is 0 Å². The van der Waals surface area contributed by atoms with Gasteiger partial charge in [0.1, 0.15) is 17.2 Å². The number of carboxylic acid groups (broad SMARTS) is 1. The number of ether oxygens (including phenoxy) is 3. The van der Waals surface area contributed by atoms with E-state index in [0.29, 0.717) is 17.6 Å². The molecule has 3 aromatic rings. The molecule has 7 nitrogen and oxygen atoms in total. The highest BCUT2D eigenvalue weighted by Crippen LogP contribution is 2.27. The third kappa shape index (κ3) is 7.82. The zero-order chi connectivity index (χ0) is 26.0. The fourth-order valence-electron chi connectivity index (χ4n) is 4.54. The van der Waals surface area contributed by atoms with Crippen LogP contribution in [0.4, 0.5) is 5.69 Å². The smallest absolute Gasteiger partial charge is 0.337 e. The van der Waals surface area contributed by atoms with Crippen LogP contribution < -0.4 is 14.8 Å². The molecule has 0 aromatic heterocycles. The van der Waals surface area contributed by atoms with Crippen LogP contribution in [0.15, 0.2) is 72.8 Å². The minimum Gasteiger partial charge on any atom is -0.490 e. The van der Waals surface area contributed by atoms with Gasteiger partial charge in [-0.1, -0.05) is 24.3 Å². The molecule has 1 fully saturated rings. The van der Waals surface area contributed by atoms with Crippen LogP contribution in [0.3, 0.4) is 0 Å². The predicted octanol–water partition coefficient (Wildman–Crippen LogP) is 6.47. The molecule has 37 heavy (non-hydrogen) atoms. The second-order valence-corrected chi connectivity index (χ2v) is 9.25. The second-order valence-electron chi connectivity index (χ2n) is 9.25. The van der Waals surface area contributed by atoms with Gasteiger partial charge in [-0.3, -0.25) is 4.79 Å². The number of carbonyl (C=O) groups is 2. The van der Waals surface area contributed by atoms with Gasteiger partial charge in [-0.2, -0.15) is 0 Å². The molecular formula is C30H33NO6. The van der Waals surface area contributed by atoms with E-state index in [9.17, 15) is 14.7 Å². The lowest BCUT2D eigenvalue weighted by Gasteiger charge is -2.24. The highest BCUT2D eigenvalue weighted by molar-refractivity contribution is 6.00. The van der Waals surface area contributed by atoms with Gasteiger partial charge in [0.05, 0.1) is 29.9 Å². The number of nitrogens with one attached hydrogen (secondary N) is 1. The summed E-state index contributed by atoms with van der Waals surface area (Å²) in [6, 6.07) is 21.2. The molecule has 0 unspecified atom stereocenters. The molecular weight excluding hydrogens is 470 g/mol. The highest BCUT2D eigenvalue weighted by atomic mass is 16.5. The summed E-state index contributed by atoms with van der Waals surface area (Å²) < 4.78 is 17.7. The van der Waals surface area contributed by atoms with E-state index in [1.807, 2.05) is 36.4 Å². The molecule has 0 radical (unpaired) electrons. The van der Waals surface area contributed by atoms with Gasteiger partial charge in [0.15, 0.2) is 0 Å². The first-order valence-electron chi connectivity index (χ1n) is 12.7. The Morgan fingerprint density at radius 1 is 0.811 bits per heavy atom. The number of carbonyl (C=O) groups excluding carboxylic acids is 1. The minimum atomic E-state index is -1.09. The van der Waals surface area contributed by atoms with Crippen molar-refractivity contribution in [3.05, 3.63) is 83.9 Å². The molecule has 4 rings (SSSR count). The number of methoxy groups -OCH3 is 1.